The van der Waals surface area contributed by atoms with Crippen molar-refractivity contribution in [2.75, 3.05) is 12.3 Å². The molecule has 0 unspecified atom stereocenters. The van der Waals surface area contributed by atoms with Gasteiger partial charge in [-0.15, -0.1) is 0 Å². The van der Waals surface area contributed by atoms with Gasteiger partial charge in [-0.2, -0.15) is 0 Å². The van der Waals surface area contributed by atoms with E-state index in [-0.39, 0.29) is 30.0 Å². The molecule has 4 N–H and O–H groups in total. The molecular formula is C14H16N2O4S. The van der Waals surface area contributed by atoms with E-state index in [1.165, 1.54) is 6.07 Å². The van der Waals surface area contributed by atoms with Gasteiger partial charge in [0.15, 0.2) is 0 Å². The molecular weight excluding hydrogens is 292 g/mol. The zero-order chi connectivity index (χ0) is 15.5. The van der Waals surface area contributed by atoms with Gasteiger partial charge in [0.1, 0.15) is 5.75 Å². The molecule has 0 saturated carbocycles. The molecule has 1 amide bonds. The fourth-order valence-corrected chi connectivity index (χ4v) is 2.56. The molecule has 0 bridgehead atoms. The second kappa shape index (κ2) is 6.11. The number of hydrogen-bond donors (Lipinski definition) is 3. The number of aromatic hydroxyl groups is 1. The number of carbonyl (C=O) groups is 1. The van der Waals surface area contributed by atoms with Gasteiger partial charge in [-0.25, -0.2) is 13.6 Å². The number of fused-ring (bicyclic) bond motifs is 1. The number of primary sulfonamides is 1. The van der Waals surface area contributed by atoms with E-state index >= 15 is 0 Å². The van der Waals surface area contributed by atoms with Gasteiger partial charge in [-0.3, -0.25) is 4.79 Å². The number of carbonyl (C=O) groups excluding carboxylic acids is 1. The van der Waals surface area contributed by atoms with E-state index in [1.807, 2.05) is 12.1 Å². The molecule has 2 aromatic carbocycles. The molecule has 0 saturated heterocycles. The average molecular weight is 308 g/mol. The minimum absolute atomic E-state index is 0.0861. The van der Waals surface area contributed by atoms with E-state index in [0.717, 1.165) is 5.39 Å². The summed E-state index contributed by atoms with van der Waals surface area (Å²) in [5, 5.41) is 19.0. The topological polar surface area (TPSA) is 109 Å². The summed E-state index contributed by atoms with van der Waals surface area (Å²) in [6.45, 7) is 0.168. The summed E-state index contributed by atoms with van der Waals surface area (Å²) in [6.07, 6.45) is 0.221. The number of phenols is 1. The summed E-state index contributed by atoms with van der Waals surface area (Å²) in [4.78, 5) is 12.0. The van der Waals surface area contributed by atoms with Crippen LogP contribution in [0.15, 0.2) is 36.4 Å². The molecule has 0 heterocycles. The first-order chi connectivity index (χ1) is 9.88. The molecule has 0 aromatic heterocycles. The van der Waals surface area contributed by atoms with Crippen molar-refractivity contribution in [3.8, 4) is 5.75 Å². The smallest absolute Gasteiger partial charge is 0.255 e. The monoisotopic (exact) mass is 308 g/mol. The summed E-state index contributed by atoms with van der Waals surface area (Å²) in [6, 6.07) is 10.5. The highest BCUT2D eigenvalue weighted by molar-refractivity contribution is 7.89. The summed E-state index contributed by atoms with van der Waals surface area (Å²) in [5.41, 5.74) is 0.157. The minimum atomic E-state index is -3.52. The van der Waals surface area contributed by atoms with Crippen LogP contribution in [0, 0.1) is 0 Å². The molecule has 21 heavy (non-hydrogen) atoms. The molecule has 2 rings (SSSR count). The highest BCUT2D eigenvalue weighted by Crippen LogP contribution is 2.28. The number of benzene rings is 2. The lowest BCUT2D eigenvalue weighted by Gasteiger charge is -2.08. The van der Waals surface area contributed by atoms with Crippen LogP contribution in [-0.2, 0) is 10.0 Å². The van der Waals surface area contributed by atoms with Crippen LogP contribution in [0.2, 0.25) is 0 Å². The Hall–Kier alpha value is -2.12. The Kier molecular flexibility index (Phi) is 4.44. The molecule has 0 aliphatic rings. The molecule has 0 fully saturated rings. The first-order valence-electron chi connectivity index (χ1n) is 6.38. The predicted molar refractivity (Wildman–Crippen MR) is 80.5 cm³/mol. The van der Waals surface area contributed by atoms with Gasteiger partial charge in [-0.1, -0.05) is 30.3 Å². The number of nitrogens with one attached hydrogen (secondary N) is 1. The SMILES string of the molecule is NS(=O)(=O)CCCNC(=O)c1ccc2ccccc2c1O. The van der Waals surface area contributed by atoms with E-state index in [4.69, 9.17) is 5.14 Å². The van der Waals surface area contributed by atoms with Crippen LogP contribution in [0.1, 0.15) is 16.8 Å². The molecule has 112 valence electrons. The van der Waals surface area contributed by atoms with Gasteiger partial charge >= 0.3 is 0 Å². The van der Waals surface area contributed by atoms with Crippen molar-refractivity contribution in [3.63, 3.8) is 0 Å². The Labute approximate surface area is 122 Å². The first kappa shape index (κ1) is 15.3. The maximum absolute atomic E-state index is 12.0. The van der Waals surface area contributed by atoms with Crippen molar-refractivity contribution in [1.29, 1.82) is 0 Å². The lowest BCUT2D eigenvalue weighted by molar-refractivity contribution is 0.0951. The van der Waals surface area contributed by atoms with E-state index in [2.05, 4.69) is 5.32 Å². The number of amides is 1. The van der Waals surface area contributed by atoms with Crippen molar-refractivity contribution >= 4 is 26.7 Å². The van der Waals surface area contributed by atoms with Crippen molar-refractivity contribution in [3.05, 3.63) is 42.0 Å². The van der Waals surface area contributed by atoms with Crippen molar-refractivity contribution < 1.29 is 18.3 Å². The molecule has 0 atom stereocenters. The fraction of sp³-hybridized carbons (Fsp3) is 0.214. The van der Waals surface area contributed by atoms with E-state index in [9.17, 15) is 18.3 Å². The van der Waals surface area contributed by atoms with Gasteiger partial charge in [0.2, 0.25) is 10.0 Å². The van der Waals surface area contributed by atoms with Gasteiger partial charge in [0, 0.05) is 11.9 Å². The third-order valence-electron chi connectivity index (χ3n) is 3.04. The first-order valence-corrected chi connectivity index (χ1v) is 8.09. The maximum Gasteiger partial charge on any atom is 0.255 e. The Morgan fingerprint density at radius 1 is 1.19 bits per heavy atom. The lowest BCUT2D eigenvalue weighted by atomic mass is 10.0. The Bertz CT molecular complexity index is 772. The third kappa shape index (κ3) is 3.93. The third-order valence-corrected chi connectivity index (χ3v) is 3.89. The van der Waals surface area contributed by atoms with Crippen molar-refractivity contribution in [1.82, 2.24) is 5.32 Å². The van der Waals surface area contributed by atoms with Crippen LogP contribution >= 0.6 is 0 Å². The number of sulfonamides is 1. The van der Waals surface area contributed by atoms with Crippen LogP contribution in [-0.4, -0.2) is 31.7 Å². The molecule has 0 aliphatic heterocycles. The number of rotatable bonds is 5. The van der Waals surface area contributed by atoms with Gasteiger partial charge in [0.25, 0.3) is 5.91 Å². The summed E-state index contributed by atoms with van der Waals surface area (Å²) in [7, 11) is -3.52. The van der Waals surface area contributed by atoms with Crippen molar-refractivity contribution in [2.24, 2.45) is 5.14 Å². The fourth-order valence-electron chi connectivity index (χ4n) is 2.01. The maximum atomic E-state index is 12.0. The molecule has 6 nitrogen and oxygen atoms in total. The molecule has 7 heteroatoms. The second-order valence-electron chi connectivity index (χ2n) is 4.66. The van der Waals surface area contributed by atoms with Gasteiger partial charge < -0.3 is 10.4 Å². The van der Waals surface area contributed by atoms with Crippen LogP contribution in [0.25, 0.3) is 10.8 Å². The zero-order valence-corrected chi connectivity index (χ0v) is 12.1. The summed E-state index contributed by atoms with van der Waals surface area (Å²) < 4.78 is 21.5. The van der Waals surface area contributed by atoms with E-state index in [0.29, 0.717) is 5.39 Å². The van der Waals surface area contributed by atoms with Gasteiger partial charge in [0.05, 0.1) is 11.3 Å². The number of phenolic OH excluding ortho intramolecular Hbond substituents is 1. The largest absolute Gasteiger partial charge is 0.506 e. The summed E-state index contributed by atoms with van der Waals surface area (Å²) >= 11 is 0. The normalized spacial score (nSPS) is 11.5. The highest BCUT2D eigenvalue weighted by Gasteiger charge is 2.13. The Morgan fingerprint density at radius 2 is 1.90 bits per heavy atom. The van der Waals surface area contributed by atoms with Crippen molar-refractivity contribution in [2.45, 2.75) is 6.42 Å². The van der Waals surface area contributed by atoms with E-state index < -0.39 is 15.9 Å². The van der Waals surface area contributed by atoms with Crippen LogP contribution in [0.3, 0.4) is 0 Å². The predicted octanol–water partition coefficient (Wildman–Crippen LogP) is 0.954. The molecule has 2 aromatic rings. The molecule has 0 radical (unpaired) electrons. The molecule has 0 spiro atoms. The summed E-state index contributed by atoms with van der Waals surface area (Å²) in [5.74, 6) is -0.735. The molecule has 0 aliphatic carbocycles. The highest BCUT2D eigenvalue weighted by atomic mass is 32.2. The Balaban J connectivity index is 2.08. The Morgan fingerprint density at radius 3 is 2.62 bits per heavy atom. The minimum Gasteiger partial charge on any atom is -0.506 e. The second-order valence-corrected chi connectivity index (χ2v) is 6.39. The van der Waals surface area contributed by atoms with Crippen LogP contribution in [0.4, 0.5) is 0 Å². The standard InChI is InChI=1S/C14H16N2O4S/c15-21(19,20)9-3-8-16-14(18)12-7-6-10-4-1-2-5-11(10)13(12)17/h1-2,4-7,17H,3,8-9H2,(H,16,18)(H2,15,19,20). The lowest BCUT2D eigenvalue weighted by Crippen LogP contribution is -2.27. The number of hydrogen-bond acceptors (Lipinski definition) is 4. The zero-order valence-electron chi connectivity index (χ0n) is 11.2. The average Bonchev–Trinajstić information content (AvgIpc) is 2.43. The van der Waals surface area contributed by atoms with Crippen LogP contribution < -0.4 is 10.5 Å². The van der Waals surface area contributed by atoms with Gasteiger partial charge in [-0.05, 0) is 17.9 Å². The number of nitrogens with two attached hydrogens (primary N) is 1. The van der Waals surface area contributed by atoms with E-state index in [1.54, 1.807) is 18.2 Å². The quantitative estimate of drug-likeness (QED) is 0.714. The van der Waals surface area contributed by atoms with Crippen LogP contribution in [0.5, 0.6) is 5.75 Å².